The fourth-order valence-corrected chi connectivity index (χ4v) is 2.95. The Bertz CT molecular complexity index is 324. The fraction of sp³-hybridized carbons (Fsp3) is 0.812. The third kappa shape index (κ3) is 4.82. The minimum Gasteiger partial charge on any atom is -0.376 e. The molecule has 0 bridgehead atoms. The van der Waals surface area contributed by atoms with E-state index in [0.717, 1.165) is 58.3 Å². The van der Waals surface area contributed by atoms with Crippen LogP contribution in [0.1, 0.15) is 45.4 Å². The SMILES string of the molecule is CCCNC(=O)N(C[C@@H]1CC=CCC1)C[C@@H]1CCCO1. The molecule has 0 radical (unpaired) electrons. The maximum Gasteiger partial charge on any atom is 0.317 e. The highest BCUT2D eigenvalue weighted by Crippen LogP contribution is 2.21. The molecule has 1 aliphatic carbocycles. The second-order valence-corrected chi connectivity index (χ2v) is 5.92. The van der Waals surface area contributed by atoms with Crippen molar-refractivity contribution in [3.8, 4) is 0 Å². The molecule has 0 saturated carbocycles. The monoisotopic (exact) mass is 280 g/mol. The summed E-state index contributed by atoms with van der Waals surface area (Å²) in [4.78, 5) is 14.3. The van der Waals surface area contributed by atoms with Crippen molar-refractivity contribution < 1.29 is 9.53 Å². The van der Waals surface area contributed by atoms with Crippen molar-refractivity contribution in [1.29, 1.82) is 0 Å². The molecule has 0 spiro atoms. The second-order valence-electron chi connectivity index (χ2n) is 5.92. The number of rotatable bonds is 6. The van der Waals surface area contributed by atoms with E-state index in [2.05, 4.69) is 24.4 Å². The number of carbonyl (C=O) groups excluding carboxylic acids is 1. The van der Waals surface area contributed by atoms with Crippen LogP contribution in [0, 0.1) is 5.92 Å². The van der Waals surface area contributed by atoms with Crippen LogP contribution in [0.2, 0.25) is 0 Å². The molecule has 0 aromatic heterocycles. The number of ether oxygens (including phenoxy) is 1. The summed E-state index contributed by atoms with van der Waals surface area (Å²) in [6.45, 7) is 5.29. The Labute approximate surface area is 122 Å². The topological polar surface area (TPSA) is 41.6 Å². The van der Waals surface area contributed by atoms with E-state index in [1.807, 2.05) is 4.90 Å². The fourth-order valence-electron chi connectivity index (χ4n) is 2.95. The summed E-state index contributed by atoms with van der Waals surface area (Å²) in [5.41, 5.74) is 0. The zero-order valence-corrected chi connectivity index (χ0v) is 12.6. The van der Waals surface area contributed by atoms with Gasteiger partial charge in [-0.05, 0) is 44.4 Å². The van der Waals surface area contributed by atoms with Gasteiger partial charge in [0.1, 0.15) is 0 Å². The summed E-state index contributed by atoms with van der Waals surface area (Å²) < 4.78 is 5.69. The Balaban J connectivity index is 1.87. The molecular formula is C16H28N2O2. The van der Waals surface area contributed by atoms with Crippen molar-refractivity contribution in [3.05, 3.63) is 12.2 Å². The first-order valence-electron chi connectivity index (χ1n) is 8.09. The van der Waals surface area contributed by atoms with E-state index in [1.54, 1.807) is 0 Å². The van der Waals surface area contributed by atoms with Gasteiger partial charge in [-0.25, -0.2) is 4.79 Å². The van der Waals surface area contributed by atoms with Gasteiger partial charge in [0.05, 0.1) is 6.10 Å². The van der Waals surface area contributed by atoms with Crippen LogP contribution in [-0.2, 0) is 4.74 Å². The van der Waals surface area contributed by atoms with Crippen LogP contribution < -0.4 is 5.32 Å². The molecule has 2 rings (SSSR count). The van der Waals surface area contributed by atoms with E-state index in [0.29, 0.717) is 5.92 Å². The van der Waals surface area contributed by atoms with Crippen LogP contribution >= 0.6 is 0 Å². The summed E-state index contributed by atoms with van der Waals surface area (Å²) >= 11 is 0. The van der Waals surface area contributed by atoms with Crippen molar-refractivity contribution in [2.45, 2.75) is 51.6 Å². The van der Waals surface area contributed by atoms with Gasteiger partial charge in [0, 0.05) is 26.2 Å². The predicted molar refractivity (Wildman–Crippen MR) is 80.7 cm³/mol. The maximum absolute atomic E-state index is 12.3. The molecule has 2 aliphatic rings. The average Bonchev–Trinajstić information content (AvgIpc) is 2.98. The average molecular weight is 280 g/mol. The van der Waals surface area contributed by atoms with Crippen molar-refractivity contribution in [1.82, 2.24) is 10.2 Å². The largest absolute Gasteiger partial charge is 0.376 e. The smallest absolute Gasteiger partial charge is 0.317 e. The number of hydrogen-bond acceptors (Lipinski definition) is 2. The van der Waals surface area contributed by atoms with E-state index >= 15 is 0 Å². The number of nitrogens with zero attached hydrogens (tertiary/aromatic N) is 1. The van der Waals surface area contributed by atoms with Crippen LogP contribution in [0.25, 0.3) is 0 Å². The third-order valence-electron chi connectivity index (χ3n) is 4.12. The molecule has 114 valence electrons. The lowest BCUT2D eigenvalue weighted by atomic mass is 9.94. The molecule has 1 fully saturated rings. The summed E-state index contributed by atoms with van der Waals surface area (Å²) in [5.74, 6) is 0.605. The minimum absolute atomic E-state index is 0.0805. The first-order chi connectivity index (χ1) is 9.79. The minimum atomic E-state index is 0.0805. The molecule has 20 heavy (non-hydrogen) atoms. The molecule has 4 nitrogen and oxygen atoms in total. The van der Waals surface area contributed by atoms with Gasteiger partial charge in [0.15, 0.2) is 0 Å². The molecule has 0 aromatic rings. The molecule has 1 saturated heterocycles. The van der Waals surface area contributed by atoms with Gasteiger partial charge in [-0.3, -0.25) is 0 Å². The van der Waals surface area contributed by atoms with Gasteiger partial charge in [-0.15, -0.1) is 0 Å². The number of nitrogens with one attached hydrogen (secondary N) is 1. The Hall–Kier alpha value is -1.03. The van der Waals surface area contributed by atoms with Crippen LogP contribution in [0.5, 0.6) is 0 Å². The van der Waals surface area contributed by atoms with Crippen LogP contribution in [-0.4, -0.2) is 43.3 Å². The van der Waals surface area contributed by atoms with E-state index in [4.69, 9.17) is 4.74 Å². The van der Waals surface area contributed by atoms with Gasteiger partial charge < -0.3 is 15.0 Å². The summed E-state index contributed by atoms with van der Waals surface area (Å²) in [6.07, 6.45) is 11.4. The van der Waals surface area contributed by atoms with Crippen molar-refractivity contribution in [2.75, 3.05) is 26.2 Å². The lowest BCUT2D eigenvalue weighted by Crippen LogP contribution is -2.46. The predicted octanol–water partition coefficient (Wildman–Crippen LogP) is 2.94. The lowest BCUT2D eigenvalue weighted by molar-refractivity contribution is 0.0765. The molecular weight excluding hydrogens is 252 g/mol. The van der Waals surface area contributed by atoms with Gasteiger partial charge in [-0.1, -0.05) is 19.1 Å². The third-order valence-corrected chi connectivity index (χ3v) is 4.12. The molecule has 2 amide bonds. The van der Waals surface area contributed by atoms with E-state index in [9.17, 15) is 4.79 Å². The quantitative estimate of drug-likeness (QED) is 0.760. The van der Waals surface area contributed by atoms with E-state index in [-0.39, 0.29) is 12.1 Å². The van der Waals surface area contributed by atoms with Crippen LogP contribution in [0.4, 0.5) is 4.79 Å². The number of amides is 2. The molecule has 1 heterocycles. The Morgan fingerprint density at radius 3 is 2.90 bits per heavy atom. The standard InChI is InChI=1S/C16H28N2O2/c1-2-10-17-16(19)18(13-15-9-6-11-20-15)12-14-7-4-3-5-8-14/h3-4,14-15H,2,5-13H2,1H3,(H,17,19)/t14-,15+/m1/s1. The van der Waals surface area contributed by atoms with Crippen LogP contribution in [0.3, 0.4) is 0 Å². The van der Waals surface area contributed by atoms with Crippen molar-refractivity contribution >= 4 is 6.03 Å². The molecule has 1 N–H and O–H groups in total. The Morgan fingerprint density at radius 2 is 2.25 bits per heavy atom. The van der Waals surface area contributed by atoms with Gasteiger partial charge in [-0.2, -0.15) is 0 Å². The first-order valence-corrected chi connectivity index (χ1v) is 8.09. The summed E-state index contributed by atoms with van der Waals surface area (Å²) in [5, 5.41) is 3.01. The summed E-state index contributed by atoms with van der Waals surface area (Å²) in [7, 11) is 0. The Kier molecular flexibility index (Phi) is 6.37. The molecule has 4 heteroatoms. The van der Waals surface area contributed by atoms with Crippen LogP contribution in [0.15, 0.2) is 12.2 Å². The van der Waals surface area contributed by atoms with Gasteiger partial charge >= 0.3 is 6.03 Å². The highest BCUT2D eigenvalue weighted by molar-refractivity contribution is 5.74. The highest BCUT2D eigenvalue weighted by Gasteiger charge is 2.24. The number of allylic oxidation sites excluding steroid dienone is 2. The van der Waals surface area contributed by atoms with Crippen molar-refractivity contribution in [3.63, 3.8) is 0 Å². The van der Waals surface area contributed by atoms with E-state index < -0.39 is 0 Å². The second kappa shape index (κ2) is 8.30. The zero-order chi connectivity index (χ0) is 14.2. The highest BCUT2D eigenvalue weighted by atomic mass is 16.5. The van der Waals surface area contributed by atoms with E-state index in [1.165, 1.54) is 6.42 Å². The molecule has 2 atom stereocenters. The number of hydrogen-bond donors (Lipinski definition) is 1. The van der Waals surface area contributed by atoms with Crippen molar-refractivity contribution in [2.24, 2.45) is 5.92 Å². The van der Waals surface area contributed by atoms with Gasteiger partial charge in [0.25, 0.3) is 0 Å². The number of carbonyl (C=O) groups is 1. The summed E-state index contributed by atoms with van der Waals surface area (Å²) in [6, 6.07) is 0.0805. The van der Waals surface area contributed by atoms with Gasteiger partial charge in [0.2, 0.25) is 0 Å². The maximum atomic E-state index is 12.3. The Morgan fingerprint density at radius 1 is 1.35 bits per heavy atom. The molecule has 0 aromatic carbocycles. The lowest BCUT2D eigenvalue weighted by Gasteiger charge is -2.30. The zero-order valence-electron chi connectivity index (χ0n) is 12.6. The molecule has 0 unspecified atom stereocenters. The first kappa shape index (κ1) is 15.4. The normalized spacial score (nSPS) is 25.6. The molecule has 1 aliphatic heterocycles. The number of urea groups is 1.